The highest BCUT2D eigenvalue weighted by atomic mass is 15.1. The number of rotatable bonds is 3. The van der Waals surface area contributed by atoms with Gasteiger partial charge < -0.3 is 4.57 Å². The van der Waals surface area contributed by atoms with Crippen molar-refractivity contribution in [2.45, 2.75) is 0 Å². The van der Waals surface area contributed by atoms with E-state index in [9.17, 15) is 0 Å². The molecule has 0 bridgehead atoms. The Kier molecular flexibility index (Phi) is 5.47. The summed E-state index contributed by atoms with van der Waals surface area (Å²) < 4.78 is 4.77. The fourth-order valence-corrected chi connectivity index (χ4v) is 8.95. The van der Waals surface area contributed by atoms with Crippen LogP contribution < -0.4 is 0 Å². The van der Waals surface area contributed by atoms with E-state index in [1.807, 2.05) is 18.6 Å². The second-order valence-electron chi connectivity index (χ2n) is 13.8. The van der Waals surface area contributed by atoms with E-state index in [4.69, 9.17) is 4.98 Å². The Morgan fingerprint density at radius 2 is 1.13 bits per heavy atom. The van der Waals surface area contributed by atoms with Crippen molar-refractivity contribution in [2.24, 2.45) is 0 Å². The summed E-state index contributed by atoms with van der Waals surface area (Å²) in [6.07, 6.45) is 5.94. The third-order valence-electron chi connectivity index (χ3n) is 11.2. The van der Waals surface area contributed by atoms with Gasteiger partial charge in [-0.2, -0.15) is 0 Å². The van der Waals surface area contributed by atoms with Gasteiger partial charge in [-0.25, -0.2) is 4.98 Å². The number of nitrogens with zero attached hydrogens (tertiary/aromatic N) is 4. The predicted octanol–water partition coefficient (Wildman–Crippen LogP) is 12.3. The first-order chi connectivity index (χ1) is 25.8. The van der Waals surface area contributed by atoms with Gasteiger partial charge in [-0.3, -0.25) is 9.55 Å². The van der Waals surface area contributed by atoms with Gasteiger partial charge in [0.15, 0.2) is 0 Å². The predicted molar refractivity (Wildman–Crippen MR) is 216 cm³/mol. The average molecular weight is 661 g/mol. The fourth-order valence-electron chi connectivity index (χ4n) is 8.95. The van der Waals surface area contributed by atoms with Crippen LogP contribution in [0.2, 0.25) is 0 Å². The molecule has 0 aliphatic heterocycles. The minimum atomic E-state index is 0.933. The van der Waals surface area contributed by atoms with Crippen molar-refractivity contribution in [2.75, 3.05) is 0 Å². The lowest BCUT2D eigenvalue weighted by atomic mass is 10.00. The minimum absolute atomic E-state index is 0.933. The zero-order valence-corrected chi connectivity index (χ0v) is 28.0. The van der Waals surface area contributed by atoms with Crippen LogP contribution in [-0.4, -0.2) is 19.1 Å². The smallest absolute Gasteiger partial charge is 0.146 e. The second-order valence-corrected chi connectivity index (χ2v) is 13.8. The summed E-state index contributed by atoms with van der Waals surface area (Å²) in [4.78, 5) is 9.85. The molecule has 12 rings (SSSR count). The summed E-state index contributed by atoms with van der Waals surface area (Å²) in [5.41, 5.74) is 13.0. The van der Waals surface area contributed by atoms with Gasteiger partial charge in [0.1, 0.15) is 5.82 Å². The summed E-state index contributed by atoms with van der Waals surface area (Å²) >= 11 is 0. The lowest BCUT2D eigenvalue weighted by Gasteiger charge is -2.14. The van der Waals surface area contributed by atoms with Crippen LogP contribution in [0.4, 0.5) is 0 Å². The van der Waals surface area contributed by atoms with Crippen LogP contribution in [0.1, 0.15) is 0 Å². The molecule has 1 aliphatic carbocycles. The topological polar surface area (TPSA) is 35.6 Å². The van der Waals surface area contributed by atoms with Crippen molar-refractivity contribution in [3.05, 3.63) is 170 Å². The van der Waals surface area contributed by atoms with Crippen molar-refractivity contribution in [1.29, 1.82) is 0 Å². The van der Waals surface area contributed by atoms with E-state index in [1.54, 1.807) is 0 Å². The average Bonchev–Trinajstić information content (AvgIpc) is 3.85. The number of pyridine rings is 2. The molecule has 0 fully saturated rings. The summed E-state index contributed by atoms with van der Waals surface area (Å²) in [7, 11) is 0. The molecule has 0 atom stereocenters. The number of hydrogen-bond donors (Lipinski definition) is 0. The third-order valence-corrected chi connectivity index (χ3v) is 11.2. The third kappa shape index (κ3) is 3.65. The van der Waals surface area contributed by atoms with Gasteiger partial charge in [0.2, 0.25) is 0 Å². The Bertz CT molecular complexity index is 3290. The molecule has 52 heavy (non-hydrogen) atoms. The number of benzene rings is 7. The van der Waals surface area contributed by atoms with E-state index in [0.29, 0.717) is 0 Å². The number of hydrogen-bond acceptors (Lipinski definition) is 2. The lowest BCUT2D eigenvalue weighted by Crippen LogP contribution is -2.01. The first kappa shape index (κ1) is 27.7. The van der Waals surface area contributed by atoms with Gasteiger partial charge in [0, 0.05) is 73.1 Å². The van der Waals surface area contributed by atoms with Gasteiger partial charge in [-0.1, -0.05) is 103 Å². The largest absolute Gasteiger partial charge is 0.309 e. The molecule has 4 heteroatoms. The van der Waals surface area contributed by atoms with Gasteiger partial charge in [0.25, 0.3) is 0 Å². The maximum absolute atomic E-state index is 5.17. The van der Waals surface area contributed by atoms with Gasteiger partial charge >= 0.3 is 0 Å². The SMILES string of the molecule is c1ccc(-n2c3ccccc3c3cc(-c4ccc5c(c4)c4ccc6ccccc6c4n5-c4nccc5c4-c4cncc6cccc-5c46)ccc32)cc1. The highest BCUT2D eigenvalue weighted by Gasteiger charge is 2.28. The monoisotopic (exact) mass is 660 g/mol. The van der Waals surface area contributed by atoms with Gasteiger partial charge in [-0.05, 0) is 76.2 Å². The summed E-state index contributed by atoms with van der Waals surface area (Å²) in [5, 5.41) is 9.73. The number of fused-ring (bicyclic) bond motifs is 11. The van der Waals surface area contributed by atoms with Crippen LogP contribution in [0.5, 0.6) is 0 Å². The van der Waals surface area contributed by atoms with Crippen molar-refractivity contribution >= 4 is 65.2 Å². The van der Waals surface area contributed by atoms with Crippen LogP contribution in [0, 0.1) is 0 Å². The molecular weight excluding hydrogens is 633 g/mol. The maximum Gasteiger partial charge on any atom is 0.146 e. The first-order valence-corrected chi connectivity index (χ1v) is 17.7. The van der Waals surface area contributed by atoms with Crippen molar-refractivity contribution < 1.29 is 0 Å². The molecule has 7 aromatic carbocycles. The molecule has 0 unspecified atom stereocenters. The molecule has 4 nitrogen and oxygen atoms in total. The van der Waals surface area contributed by atoms with Crippen molar-refractivity contribution in [1.82, 2.24) is 19.1 Å². The summed E-state index contributed by atoms with van der Waals surface area (Å²) in [6.45, 7) is 0. The highest BCUT2D eigenvalue weighted by Crippen LogP contribution is 2.50. The van der Waals surface area contributed by atoms with E-state index in [-0.39, 0.29) is 0 Å². The van der Waals surface area contributed by atoms with Gasteiger partial charge in [0.05, 0.1) is 22.1 Å². The molecule has 0 radical (unpaired) electrons. The van der Waals surface area contributed by atoms with Crippen LogP contribution in [0.3, 0.4) is 0 Å². The number of aromatic nitrogens is 4. The molecule has 0 saturated carbocycles. The first-order valence-electron chi connectivity index (χ1n) is 17.7. The Hall–Kier alpha value is -7.04. The van der Waals surface area contributed by atoms with Gasteiger partial charge in [-0.15, -0.1) is 0 Å². The van der Waals surface area contributed by atoms with E-state index in [2.05, 4.69) is 166 Å². The van der Waals surface area contributed by atoms with Crippen molar-refractivity contribution in [3.63, 3.8) is 0 Å². The Balaban J connectivity index is 1.13. The second kappa shape index (κ2) is 10.3. The zero-order chi connectivity index (χ0) is 33.9. The zero-order valence-electron chi connectivity index (χ0n) is 28.0. The lowest BCUT2D eigenvalue weighted by molar-refractivity contribution is 1.09. The molecule has 0 N–H and O–H groups in total. The van der Waals surface area contributed by atoms with Crippen LogP contribution in [0.25, 0.3) is 110 Å². The summed E-state index contributed by atoms with van der Waals surface area (Å²) in [6, 6.07) is 55.1. The molecule has 0 saturated heterocycles. The molecule has 0 spiro atoms. The quantitative estimate of drug-likeness (QED) is 0.189. The molecule has 1 aliphatic rings. The van der Waals surface area contributed by atoms with E-state index >= 15 is 0 Å². The van der Waals surface area contributed by atoms with Crippen LogP contribution in [-0.2, 0) is 0 Å². The molecular formula is C48H28N4. The molecule has 4 aromatic heterocycles. The highest BCUT2D eigenvalue weighted by molar-refractivity contribution is 6.21. The van der Waals surface area contributed by atoms with Crippen molar-refractivity contribution in [3.8, 4) is 44.9 Å². The molecule has 0 amide bonds. The van der Waals surface area contributed by atoms with Crippen LogP contribution in [0.15, 0.2) is 170 Å². The van der Waals surface area contributed by atoms with E-state index < -0.39 is 0 Å². The van der Waals surface area contributed by atoms with E-state index in [0.717, 1.165) is 27.8 Å². The minimum Gasteiger partial charge on any atom is -0.309 e. The standard InChI is InChI=1S/C48H28N4/c1-2-11-33(12-3-1)51-42-16-7-6-14-35(42)39-25-30(18-21-43(39)51)31-19-22-44-40(26-31)38-20-17-29-9-4-5-13-34(29)47(38)52(44)48-46-37(23-24-50-48)36-15-8-10-32-27-49-28-41(46)45(32)36/h1-28H. The molecule has 11 aromatic rings. The Morgan fingerprint density at radius 3 is 2.00 bits per heavy atom. The normalized spacial score (nSPS) is 12.2. The van der Waals surface area contributed by atoms with Crippen LogP contribution >= 0.6 is 0 Å². The molecule has 4 heterocycles. The van der Waals surface area contributed by atoms with E-state index in [1.165, 1.54) is 82.2 Å². The Morgan fingerprint density at radius 1 is 0.423 bits per heavy atom. The maximum atomic E-state index is 5.17. The Labute approximate surface area is 298 Å². The number of para-hydroxylation sites is 2. The fraction of sp³-hybridized carbons (Fsp3) is 0. The summed E-state index contributed by atoms with van der Waals surface area (Å²) in [5.74, 6) is 0.933. The molecule has 240 valence electrons.